The summed E-state index contributed by atoms with van der Waals surface area (Å²) in [5.41, 5.74) is 3.87. The molecule has 1 aromatic heterocycles. The summed E-state index contributed by atoms with van der Waals surface area (Å²) in [6.45, 7) is 6.30. The number of para-hydroxylation sites is 2. The molecule has 1 heterocycles. The zero-order chi connectivity index (χ0) is 20.8. The molecule has 0 aliphatic heterocycles. The highest BCUT2D eigenvalue weighted by molar-refractivity contribution is 6.08. The number of aromatic nitrogens is 1. The summed E-state index contributed by atoms with van der Waals surface area (Å²) in [5, 5.41) is 5.68. The van der Waals surface area contributed by atoms with Crippen molar-refractivity contribution >= 4 is 23.2 Å². The monoisotopic (exact) mass is 389 g/mol. The summed E-state index contributed by atoms with van der Waals surface area (Å²) < 4.78 is 5.52. The van der Waals surface area contributed by atoms with Crippen LogP contribution >= 0.6 is 0 Å². The van der Waals surface area contributed by atoms with Crippen LogP contribution < -0.4 is 15.4 Å². The lowest BCUT2D eigenvalue weighted by Gasteiger charge is -2.12. The summed E-state index contributed by atoms with van der Waals surface area (Å²) in [4.78, 5) is 29.4. The zero-order valence-corrected chi connectivity index (χ0v) is 16.7. The summed E-state index contributed by atoms with van der Waals surface area (Å²) in [7, 11) is 0. The predicted octanol–water partition coefficient (Wildman–Crippen LogP) is 4.60. The van der Waals surface area contributed by atoms with Crippen molar-refractivity contribution in [3.63, 3.8) is 0 Å². The molecule has 2 amide bonds. The third-order valence-corrected chi connectivity index (χ3v) is 4.54. The number of rotatable bonds is 6. The quantitative estimate of drug-likeness (QED) is 0.646. The van der Waals surface area contributed by atoms with E-state index in [9.17, 15) is 9.59 Å². The number of pyridine rings is 1. The van der Waals surface area contributed by atoms with Gasteiger partial charge in [-0.3, -0.25) is 14.6 Å². The van der Waals surface area contributed by atoms with Crippen LogP contribution in [-0.4, -0.2) is 23.4 Å². The Hall–Kier alpha value is -3.67. The van der Waals surface area contributed by atoms with Gasteiger partial charge in [-0.2, -0.15) is 0 Å². The Labute approximate surface area is 169 Å². The molecule has 29 heavy (non-hydrogen) atoms. The Morgan fingerprint density at radius 1 is 0.931 bits per heavy atom. The first-order valence-corrected chi connectivity index (χ1v) is 9.36. The molecule has 0 saturated heterocycles. The van der Waals surface area contributed by atoms with E-state index in [1.54, 1.807) is 24.3 Å². The molecule has 0 radical (unpaired) electrons. The van der Waals surface area contributed by atoms with Gasteiger partial charge in [0.25, 0.3) is 11.8 Å². The third kappa shape index (κ3) is 4.79. The molecule has 0 aliphatic rings. The molecule has 0 aliphatic carbocycles. The second-order valence-electron chi connectivity index (χ2n) is 6.51. The maximum Gasteiger partial charge on any atom is 0.274 e. The standard InChI is InChI=1S/C23H23N3O3/c1-4-29-21-11-6-5-9-19(21)26-23(28)20-14-17(12-13-24-20)22(27)25-18-10-7-8-15(2)16(18)3/h5-14H,4H2,1-3H3,(H,25,27)(H,26,28). The van der Waals surface area contributed by atoms with Gasteiger partial charge in [-0.15, -0.1) is 0 Å². The summed E-state index contributed by atoms with van der Waals surface area (Å²) >= 11 is 0. The van der Waals surface area contributed by atoms with E-state index in [0.29, 0.717) is 23.6 Å². The van der Waals surface area contributed by atoms with Crippen LogP contribution in [0.5, 0.6) is 5.75 Å². The molecule has 2 aromatic carbocycles. The first-order valence-electron chi connectivity index (χ1n) is 9.36. The largest absolute Gasteiger partial charge is 0.492 e. The molecule has 3 aromatic rings. The van der Waals surface area contributed by atoms with E-state index in [4.69, 9.17) is 4.74 Å². The first-order chi connectivity index (χ1) is 14.0. The van der Waals surface area contributed by atoms with Crippen LogP contribution in [0, 0.1) is 13.8 Å². The number of hydrogen-bond donors (Lipinski definition) is 2. The van der Waals surface area contributed by atoms with Crippen molar-refractivity contribution in [1.82, 2.24) is 4.98 Å². The molecular weight excluding hydrogens is 366 g/mol. The van der Waals surface area contributed by atoms with Crippen LogP contribution in [0.25, 0.3) is 0 Å². The number of ether oxygens (including phenoxy) is 1. The van der Waals surface area contributed by atoms with Gasteiger partial charge in [0.2, 0.25) is 0 Å². The van der Waals surface area contributed by atoms with Gasteiger partial charge in [0.1, 0.15) is 11.4 Å². The van der Waals surface area contributed by atoms with Gasteiger partial charge in [-0.1, -0.05) is 24.3 Å². The molecule has 0 bridgehead atoms. The molecule has 2 N–H and O–H groups in total. The first kappa shape index (κ1) is 20.1. The van der Waals surface area contributed by atoms with Crippen LogP contribution in [0.3, 0.4) is 0 Å². The zero-order valence-electron chi connectivity index (χ0n) is 16.7. The fourth-order valence-corrected chi connectivity index (χ4v) is 2.81. The maximum atomic E-state index is 12.7. The van der Waals surface area contributed by atoms with E-state index < -0.39 is 5.91 Å². The topological polar surface area (TPSA) is 80.3 Å². The fourth-order valence-electron chi connectivity index (χ4n) is 2.81. The van der Waals surface area contributed by atoms with Crippen molar-refractivity contribution in [1.29, 1.82) is 0 Å². The van der Waals surface area contributed by atoms with E-state index >= 15 is 0 Å². The molecule has 0 saturated carbocycles. The predicted molar refractivity (Wildman–Crippen MR) is 114 cm³/mol. The van der Waals surface area contributed by atoms with E-state index in [1.165, 1.54) is 12.3 Å². The lowest BCUT2D eigenvalue weighted by Crippen LogP contribution is -2.17. The number of anilines is 2. The van der Waals surface area contributed by atoms with Crippen LogP contribution in [0.1, 0.15) is 38.9 Å². The van der Waals surface area contributed by atoms with Gasteiger partial charge in [-0.05, 0) is 62.2 Å². The van der Waals surface area contributed by atoms with Gasteiger partial charge >= 0.3 is 0 Å². The Morgan fingerprint density at radius 2 is 1.66 bits per heavy atom. The van der Waals surface area contributed by atoms with Crippen LogP contribution in [0.15, 0.2) is 60.8 Å². The van der Waals surface area contributed by atoms with Gasteiger partial charge in [0.15, 0.2) is 0 Å². The molecule has 6 nitrogen and oxygen atoms in total. The van der Waals surface area contributed by atoms with Crippen LogP contribution in [0.4, 0.5) is 11.4 Å². The minimum absolute atomic E-state index is 0.143. The Bertz CT molecular complexity index is 1050. The molecule has 148 valence electrons. The Morgan fingerprint density at radius 3 is 2.45 bits per heavy atom. The normalized spacial score (nSPS) is 10.3. The van der Waals surface area contributed by atoms with Gasteiger partial charge in [-0.25, -0.2) is 0 Å². The lowest BCUT2D eigenvalue weighted by molar-refractivity contribution is 0.102. The van der Waals surface area contributed by atoms with Crippen molar-refractivity contribution in [2.45, 2.75) is 20.8 Å². The third-order valence-electron chi connectivity index (χ3n) is 4.54. The number of hydrogen-bond acceptors (Lipinski definition) is 4. The van der Waals surface area contributed by atoms with Crippen molar-refractivity contribution in [3.05, 3.63) is 83.2 Å². The Kier molecular flexibility index (Phi) is 6.24. The average molecular weight is 389 g/mol. The molecule has 3 rings (SSSR count). The average Bonchev–Trinajstić information content (AvgIpc) is 2.73. The van der Waals surface area contributed by atoms with Crippen LogP contribution in [-0.2, 0) is 0 Å². The molecule has 0 fully saturated rings. The molecule has 0 spiro atoms. The van der Waals surface area contributed by atoms with E-state index in [2.05, 4.69) is 15.6 Å². The van der Waals surface area contributed by atoms with Crippen molar-refractivity contribution < 1.29 is 14.3 Å². The van der Waals surface area contributed by atoms with Crippen LogP contribution in [0.2, 0.25) is 0 Å². The SMILES string of the molecule is CCOc1ccccc1NC(=O)c1cc(C(=O)Nc2cccc(C)c2C)ccn1. The summed E-state index contributed by atoms with van der Waals surface area (Å²) in [5.74, 6) is -0.143. The lowest BCUT2D eigenvalue weighted by atomic mass is 10.1. The van der Waals surface area contributed by atoms with E-state index in [-0.39, 0.29) is 11.6 Å². The van der Waals surface area contributed by atoms with Crippen molar-refractivity contribution in [3.8, 4) is 5.75 Å². The van der Waals surface area contributed by atoms with E-state index in [0.717, 1.165) is 16.8 Å². The summed E-state index contributed by atoms with van der Waals surface area (Å²) in [6, 6.07) is 15.9. The minimum atomic E-state index is -0.418. The van der Waals surface area contributed by atoms with Gasteiger partial charge in [0, 0.05) is 17.4 Å². The van der Waals surface area contributed by atoms with Gasteiger partial charge in [0.05, 0.1) is 12.3 Å². The number of nitrogens with one attached hydrogen (secondary N) is 2. The Balaban J connectivity index is 1.78. The van der Waals surface area contributed by atoms with Crippen molar-refractivity contribution in [2.75, 3.05) is 17.2 Å². The fraction of sp³-hybridized carbons (Fsp3) is 0.174. The summed E-state index contributed by atoms with van der Waals surface area (Å²) in [6.07, 6.45) is 1.45. The highest BCUT2D eigenvalue weighted by Gasteiger charge is 2.15. The number of aryl methyl sites for hydroxylation is 1. The molecular formula is C23H23N3O3. The second-order valence-corrected chi connectivity index (χ2v) is 6.51. The number of nitrogens with zero attached hydrogens (tertiary/aromatic N) is 1. The highest BCUT2D eigenvalue weighted by Crippen LogP contribution is 2.24. The second kappa shape index (κ2) is 9.01. The highest BCUT2D eigenvalue weighted by atomic mass is 16.5. The number of amides is 2. The maximum absolute atomic E-state index is 12.7. The molecule has 0 unspecified atom stereocenters. The van der Waals surface area contributed by atoms with Crippen molar-refractivity contribution in [2.24, 2.45) is 0 Å². The van der Waals surface area contributed by atoms with Gasteiger partial charge < -0.3 is 15.4 Å². The van der Waals surface area contributed by atoms with E-state index in [1.807, 2.05) is 45.0 Å². The minimum Gasteiger partial charge on any atom is -0.492 e. The molecule has 0 atom stereocenters. The smallest absolute Gasteiger partial charge is 0.274 e. The number of carbonyl (C=O) groups is 2. The number of benzene rings is 2. The number of carbonyl (C=O) groups excluding carboxylic acids is 2. The molecule has 6 heteroatoms.